The highest BCUT2D eigenvalue weighted by atomic mass is 32.2. The van der Waals surface area contributed by atoms with Crippen LogP contribution in [0.1, 0.15) is 42.2 Å². The zero-order valence-corrected chi connectivity index (χ0v) is 16.5. The molecule has 1 atom stereocenters. The maximum absolute atomic E-state index is 12.6. The van der Waals surface area contributed by atoms with E-state index in [1.54, 1.807) is 24.3 Å². The highest BCUT2D eigenvalue weighted by Crippen LogP contribution is 2.22. The van der Waals surface area contributed by atoms with Gasteiger partial charge in [0.1, 0.15) is 0 Å². The summed E-state index contributed by atoms with van der Waals surface area (Å²) in [5, 5.41) is 3.09. The van der Waals surface area contributed by atoms with Crippen LogP contribution < -0.4 is 9.62 Å². The number of nitrogens with zero attached hydrogens (tertiary/aromatic N) is 1. The van der Waals surface area contributed by atoms with Gasteiger partial charge in [-0.1, -0.05) is 44.2 Å². The fraction of sp³-hybridized carbons (Fsp3) is 0.350. The molecular formula is C20H26N2O3S. The van der Waals surface area contributed by atoms with Crippen molar-refractivity contribution in [3.63, 3.8) is 0 Å². The molecule has 0 aliphatic heterocycles. The second-order valence-corrected chi connectivity index (χ2v) is 8.86. The SMILES string of the molecule is CC(C)C[C@@H](NC(=O)c1ccc(N(C)S(C)(=O)=O)cc1)c1ccccc1. The van der Waals surface area contributed by atoms with Crippen LogP contribution in [0.15, 0.2) is 54.6 Å². The first-order chi connectivity index (χ1) is 12.2. The van der Waals surface area contributed by atoms with Crippen molar-refractivity contribution >= 4 is 21.6 Å². The van der Waals surface area contributed by atoms with Crippen LogP contribution in [-0.2, 0) is 10.0 Å². The number of amides is 1. The number of sulfonamides is 1. The first-order valence-corrected chi connectivity index (χ1v) is 10.4. The molecule has 2 aromatic rings. The molecule has 0 saturated carbocycles. The lowest BCUT2D eigenvalue weighted by atomic mass is 9.96. The number of benzene rings is 2. The van der Waals surface area contributed by atoms with Crippen LogP contribution in [0.2, 0.25) is 0 Å². The Bertz CT molecular complexity index is 831. The third-order valence-corrected chi connectivity index (χ3v) is 5.41. The standard InChI is InChI=1S/C20H26N2O3S/c1-15(2)14-19(16-8-6-5-7-9-16)21-20(23)17-10-12-18(13-11-17)22(3)26(4,24)25/h5-13,15,19H,14H2,1-4H3,(H,21,23)/t19-/m1/s1. The Kier molecular flexibility index (Phi) is 6.42. The average Bonchev–Trinajstić information content (AvgIpc) is 2.60. The van der Waals surface area contributed by atoms with E-state index in [1.807, 2.05) is 30.3 Å². The lowest BCUT2D eigenvalue weighted by Gasteiger charge is -2.21. The number of hydrogen-bond donors (Lipinski definition) is 1. The van der Waals surface area contributed by atoms with Crippen molar-refractivity contribution in [2.24, 2.45) is 5.92 Å². The monoisotopic (exact) mass is 374 g/mol. The van der Waals surface area contributed by atoms with Gasteiger partial charge in [0.15, 0.2) is 0 Å². The Morgan fingerprint density at radius 1 is 1.04 bits per heavy atom. The third kappa shape index (κ3) is 5.33. The van der Waals surface area contributed by atoms with E-state index >= 15 is 0 Å². The Hall–Kier alpha value is -2.34. The highest BCUT2D eigenvalue weighted by molar-refractivity contribution is 7.92. The molecule has 2 rings (SSSR count). The van der Waals surface area contributed by atoms with E-state index in [-0.39, 0.29) is 11.9 Å². The molecule has 1 N–H and O–H groups in total. The van der Waals surface area contributed by atoms with Crippen molar-refractivity contribution in [3.05, 3.63) is 65.7 Å². The summed E-state index contributed by atoms with van der Waals surface area (Å²) in [5.74, 6) is 0.263. The Labute approximate surface area is 156 Å². The molecule has 0 heterocycles. The van der Waals surface area contributed by atoms with Gasteiger partial charge >= 0.3 is 0 Å². The Morgan fingerprint density at radius 2 is 1.62 bits per heavy atom. The van der Waals surface area contributed by atoms with Crippen molar-refractivity contribution in [1.82, 2.24) is 5.32 Å². The lowest BCUT2D eigenvalue weighted by Crippen LogP contribution is -2.29. The maximum atomic E-state index is 12.6. The molecule has 2 aromatic carbocycles. The van der Waals surface area contributed by atoms with Gasteiger partial charge in [0.25, 0.3) is 5.91 Å². The summed E-state index contributed by atoms with van der Waals surface area (Å²) in [6.07, 6.45) is 1.98. The van der Waals surface area contributed by atoms with Gasteiger partial charge in [0.05, 0.1) is 18.0 Å². The van der Waals surface area contributed by atoms with Crippen LogP contribution in [0.25, 0.3) is 0 Å². The number of hydrogen-bond acceptors (Lipinski definition) is 3. The molecule has 0 aromatic heterocycles. The van der Waals surface area contributed by atoms with Crippen molar-refractivity contribution < 1.29 is 13.2 Å². The fourth-order valence-electron chi connectivity index (χ4n) is 2.69. The molecule has 0 fully saturated rings. The van der Waals surface area contributed by atoms with E-state index in [0.29, 0.717) is 17.2 Å². The molecule has 0 aliphatic carbocycles. The molecule has 0 bridgehead atoms. The van der Waals surface area contributed by atoms with Crippen molar-refractivity contribution in [2.45, 2.75) is 26.3 Å². The van der Waals surface area contributed by atoms with E-state index in [9.17, 15) is 13.2 Å². The minimum atomic E-state index is -3.32. The molecule has 0 spiro atoms. The molecule has 26 heavy (non-hydrogen) atoms. The second kappa shape index (κ2) is 8.36. The van der Waals surface area contributed by atoms with Gasteiger partial charge in [-0.15, -0.1) is 0 Å². The second-order valence-electron chi connectivity index (χ2n) is 6.84. The summed E-state index contributed by atoms with van der Waals surface area (Å²) in [6, 6.07) is 16.4. The zero-order valence-electron chi connectivity index (χ0n) is 15.6. The van der Waals surface area contributed by atoms with Gasteiger partial charge in [0.2, 0.25) is 10.0 Å². The largest absolute Gasteiger partial charge is 0.345 e. The summed E-state index contributed by atoms with van der Waals surface area (Å²) < 4.78 is 24.4. The molecule has 0 unspecified atom stereocenters. The van der Waals surface area contributed by atoms with Crippen LogP contribution in [0, 0.1) is 5.92 Å². The number of carbonyl (C=O) groups excluding carboxylic acids is 1. The molecule has 140 valence electrons. The predicted molar refractivity (Wildman–Crippen MR) is 106 cm³/mol. The van der Waals surface area contributed by atoms with Crippen LogP contribution in [0.5, 0.6) is 0 Å². The van der Waals surface area contributed by atoms with Crippen molar-refractivity contribution in [1.29, 1.82) is 0 Å². The number of carbonyl (C=O) groups is 1. The minimum absolute atomic E-state index is 0.0675. The van der Waals surface area contributed by atoms with Gasteiger partial charge in [-0.3, -0.25) is 9.10 Å². The van der Waals surface area contributed by atoms with Crippen molar-refractivity contribution in [3.8, 4) is 0 Å². The van der Waals surface area contributed by atoms with E-state index in [4.69, 9.17) is 0 Å². The number of rotatable bonds is 7. The van der Waals surface area contributed by atoms with Crippen LogP contribution >= 0.6 is 0 Å². The fourth-order valence-corrected chi connectivity index (χ4v) is 3.20. The smallest absolute Gasteiger partial charge is 0.251 e. The topological polar surface area (TPSA) is 66.5 Å². The van der Waals surface area contributed by atoms with E-state index in [2.05, 4.69) is 19.2 Å². The van der Waals surface area contributed by atoms with Gasteiger partial charge in [-0.25, -0.2) is 8.42 Å². The summed E-state index contributed by atoms with van der Waals surface area (Å²) in [6.45, 7) is 4.25. The normalized spacial score (nSPS) is 12.7. The van der Waals surface area contributed by atoms with Crippen LogP contribution in [-0.4, -0.2) is 27.6 Å². The Morgan fingerprint density at radius 3 is 2.12 bits per heavy atom. The quantitative estimate of drug-likeness (QED) is 0.805. The molecule has 0 radical (unpaired) electrons. The van der Waals surface area contributed by atoms with Crippen LogP contribution in [0.3, 0.4) is 0 Å². The molecule has 0 saturated heterocycles. The van der Waals surface area contributed by atoms with Gasteiger partial charge in [-0.05, 0) is 42.2 Å². The van der Waals surface area contributed by atoms with E-state index in [0.717, 1.165) is 18.2 Å². The summed E-state index contributed by atoms with van der Waals surface area (Å²) >= 11 is 0. The number of nitrogens with one attached hydrogen (secondary N) is 1. The van der Waals surface area contributed by atoms with Crippen LogP contribution in [0.4, 0.5) is 5.69 Å². The Balaban J connectivity index is 2.16. The lowest BCUT2D eigenvalue weighted by molar-refractivity contribution is 0.0932. The van der Waals surface area contributed by atoms with E-state index in [1.165, 1.54) is 11.4 Å². The van der Waals surface area contributed by atoms with Gasteiger partial charge in [-0.2, -0.15) is 0 Å². The average molecular weight is 375 g/mol. The molecule has 1 amide bonds. The van der Waals surface area contributed by atoms with Crippen molar-refractivity contribution in [2.75, 3.05) is 17.6 Å². The maximum Gasteiger partial charge on any atom is 0.251 e. The summed E-state index contributed by atoms with van der Waals surface area (Å²) in [4.78, 5) is 12.6. The summed E-state index contributed by atoms with van der Waals surface area (Å²) in [5.41, 5.74) is 2.09. The first-order valence-electron chi connectivity index (χ1n) is 8.58. The summed E-state index contributed by atoms with van der Waals surface area (Å²) in [7, 11) is -1.84. The molecular weight excluding hydrogens is 348 g/mol. The number of anilines is 1. The van der Waals surface area contributed by atoms with Gasteiger partial charge < -0.3 is 5.32 Å². The molecule has 0 aliphatic rings. The molecule has 6 heteroatoms. The highest BCUT2D eigenvalue weighted by Gasteiger charge is 2.18. The third-order valence-electron chi connectivity index (χ3n) is 4.20. The first kappa shape index (κ1) is 20.0. The predicted octanol–water partition coefficient (Wildman–Crippen LogP) is 3.60. The zero-order chi connectivity index (χ0) is 19.3. The minimum Gasteiger partial charge on any atom is -0.345 e. The molecule has 5 nitrogen and oxygen atoms in total. The van der Waals surface area contributed by atoms with Gasteiger partial charge in [0, 0.05) is 12.6 Å². The van der Waals surface area contributed by atoms with E-state index < -0.39 is 10.0 Å².